The normalized spacial score (nSPS) is 21.4. The van der Waals surface area contributed by atoms with Gasteiger partial charge in [-0.25, -0.2) is 9.59 Å². The quantitative estimate of drug-likeness (QED) is 0.0925. The molecule has 2 aromatic carbocycles. The van der Waals surface area contributed by atoms with E-state index in [1.54, 1.807) is 70.2 Å². The summed E-state index contributed by atoms with van der Waals surface area (Å²) < 4.78 is 28.2. The lowest BCUT2D eigenvalue weighted by molar-refractivity contribution is -0.164. The van der Waals surface area contributed by atoms with Gasteiger partial charge in [-0.3, -0.25) is 9.59 Å². The highest BCUT2D eigenvalue weighted by atomic mass is 16.6. The molecule has 1 aliphatic heterocycles. The third-order valence-corrected chi connectivity index (χ3v) is 8.43. The van der Waals surface area contributed by atoms with Crippen molar-refractivity contribution in [3.63, 3.8) is 0 Å². The van der Waals surface area contributed by atoms with Gasteiger partial charge in [-0.1, -0.05) is 55.0 Å². The minimum atomic E-state index is -1.05. The van der Waals surface area contributed by atoms with Crippen molar-refractivity contribution in [2.24, 2.45) is 11.7 Å². The van der Waals surface area contributed by atoms with Crippen LogP contribution in [0.15, 0.2) is 77.4 Å². The van der Waals surface area contributed by atoms with Crippen LogP contribution in [0, 0.1) is 5.92 Å². The molecule has 53 heavy (non-hydrogen) atoms. The Hall–Kier alpha value is -5.44. The molecule has 3 amide bonds. The van der Waals surface area contributed by atoms with E-state index in [1.165, 1.54) is 39.4 Å². The number of aromatic hydroxyl groups is 2. The van der Waals surface area contributed by atoms with Crippen LogP contribution in [0.3, 0.4) is 0 Å². The standard InChI is InChI=1S/C39H49N3O11/c1-8-51-21-32(44)52-36-25(5)19-24(4)35(53-39(40)48)30(49-6)16-12-13-23(3)37(46)41-28-20-29(43)33(42-38(47)26-14-10-9-11-15-26)27(34(28)45)17-22(2)18-31(36)50-7/h9-17,19-20,25,30-31,35-36,43,45H,8,18,21H2,1-7H3,(H2,40,48)(H,41,46)(H,42,47)/t25-,30-,31-,35-,36+/m0/s1. The van der Waals surface area contributed by atoms with Crippen LogP contribution in [0.25, 0.3) is 6.08 Å². The highest BCUT2D eigenvalue weighted by Gasteiger charge is 2.33. The lowest BCUT2D eigenvalue weighted by atomic mass is 9.91. The third kappa shape index (κ3) is 11.8. The molecule has 0 aromatic heterocycles. The Bertz CT molecular complexity index is 1750. The van der Waals surface area contributed by atoms with E-state index in [0.29, 0.717) is 16.7 Å². The number of benzene rings is 2. The molecule has 0 unspecified atom stereocenters. The Morgan fingerprint density at radius 3 is 2.36 bits per heavy atom. The molecule has 0 fully saturated rings. The minimum Gasteiger partial charge on any atom is -0.506 e. The van der Waals surface area contributed by atoms with Gasteiger partial charge < -0.3 is 50.3 Å². The number of carbonyl (C=O) groups excluding carboxylic acids is 4. The van der Waals surface area contributed by atoms with Crippen LogP contribution < -0.4 is 16.4 Å². The Balaban J connectivity index is 2.26. The van der Waals surface area contributed by atoms with Crippen molar-refractivity contribution in [1.82, 2.24) is 0 Å². The number of hydrogen-bond donors (Lipinski definition) is 5. The summed E-state index contributed by atoms with van der Waals surface area (Å²) >= 11 is 0. The minimum absolute atomic E-state index is 0.000521. The number of hydrogen-bond acceptors (Lipinski definition) is 11. The van der Waals surface area contributed by atoms with E-state index in [2.05, 4.69) is 10.6 Å². The van der Waals surface area contributed by atoms with Crippen LogP contribution in [0.4, 0.5) is 16.2 Å². The van der Waals surface area contributed by atoms with Crippen LogP contribution in [-0.4, -0.2) is 85.9 Å². The first-order valence-electron chi connectivity index (χ1n) is 17.0. The second-order valence-corrected chi connectivity index (χ2v) is 12.5. The van der Waals surface area contributed by atoms with Crippen molar-refractivity contribution in [1.29, 1.82) is 0 Å². The van der Waals surface area contributed by atoms with Crippen LogP contribution >= 0.6 is 0 Å². The molecule has 6 N–H and O–H groups in total. The fraction of sp³-hybridized carbons (Fsp3) is 0.385. The monoisotopic (exact) mass is 735 g/mol. The van der Waals surface area contributed by atoms with Crippen molar-refractivity contribution in [3.8, 4) is 11.5 Å². The van der Waals surface area contributed by atoms with Crippen LogP contribution in [-0.2, 0) is 33.3 Å². The number of methoxy groups -OCH3 is 2. The van der Waals surface area contributed by atoms with E-state index >= 15 is 0 Å². The lowest BCUT2D eigenvalue weighted by Gasteiger charge is -2.31. The summed E-state index contributed by atoms with van der Waals surface area (Å²) in [4.78, 5) is 51.4. The van der Waals surface area contributed by atoms with Gasteiger partial charge in [0.25, 0.3) is 11.8 Å². The Morgan fingerprint density at radius 1 is 1.04 bits per heavy atom. The smallest absolute Gasteiger partial charge is 0.405 e. The number of allylic oxidation sites excluding steroid dienone is 2. The van der Waals surface area contributed by atoms with Crippen molar-refractivity contribution < 1.29 is 53.1 Å². The molecule has 0 saturated heterocycles. The van der Waals surface area contributed by atoms with E-state index in [9.17, 15) is 29.4 Å². The number of primary amides is 1. The molecule has 0 spiro atoms. The molecular weight excluding hydrogens is 686 g/mol. The summed E-state index contributed by atoms with van der Waals surface area (Å²) in [6.45, 7) is 8.48. The topological polar surface area (TPSA) is 205 Å². The molecule has 2 aromatic rings. The number of rotatable bonds is 9. The molecule has 0 aliphatic carbocycles. The van der Waals surface area contributed by atoms with Crippen LogP contribution in [0.5, 0.6) is 11.5 Å². The number of ether oxygens (including phenoxy) is 5. The second-order valence-electron chi connectivity index (χ2n) is 12.5. The fourth-order valence-electron chi connectivity index (χ4n) is 5.73. The SMILES string of the molecule is CCOCC(=O)O[C@H]1[C@@H](OC)CC(C)=Cc2c(O)c(cc(O)c2NC(=O)c2ccccc2)NC(=O)C(C)=CC=C[C@H](OC)[C@@H](OC(N)=O)C(C)=C[C@@H]1C. The van der Waals surface area contributed by atoms with E-state index in [0.717, 1.165) is 6.07 Å². The molecule has 0 saturated carbocycles. The number of carbonyl (C=O) groups is 4. The number of phenols is 2. The zero-order valence-corrected chi connectivity index (χ0v) is 31.0. The first kappa shape index (κ1) is 42.0. The van der Waals surface area contributed by atoms with E-state index in [-0.39, 0.29) is 42.1 Å². The first-order valence-corrected chi connectivity index (χ1v) is 17.0. The van der Waals surface area contributed by atoms with Gasteiger partial charge >= 0.3 is 12.1 Å². The van der Waals surface area contributed by atoms with Gasteiger partial charge in [-0.15, -0.1) is 0 Å². The van der Waals surface area contributed by atoms with E-state index < -0.39 is 65.7 Å². The van der Waals surface area contributed by atoms with Crippen molar-refractivity contribution in [2.75, 3.05) is 38.1 Å². The number of nitrogens with two attached hydrogens (primary N) is 1. The van der Waals surface area contributed by atoms with Crippen LogP contribution in [0.1, 0.15) is 57.0 Å². The van der Waals surface area contributed by atoms with Crippen molar-refractivity contribution in [2.45, 2.75) is 65.5 Å². The van der Waals surface area contributed by atoms with Crippen LogP contribution in [0.2, 0.25) is 0 Å². The molecule has 1 heterocycles. The highest BCUT2D eigenvalue weighted by molar-refractivity contribution is 6.09. The fourth-order valence-corrected chi connectivity index (χ4v) is 5.73. The summed E-state index contributed by atoms with van der Waals surface area (Å²) in [5.74, 6) is -3.23. The van der Waals surface area contributed by atoms with Gasteiger partial charge in [0.2, 0.25) is 0 Å². The molecule has 14 heteroatoms. The van der Waals surface area contributed by atoms with Gasteiger partial charge in [0.05, 0.1) is 17.5 Å². The maximum Gasteiger partial charge on any atom is 0.405 e. The maximum atomic E-state index is 13.3. The van der Waals surface area contributed by atoms with Gasteiger partial charge in [0, 0.05) is 49.5 Å². The van der Waals surface area contributed by atoms with Gasteiger partial charge in [-0.2, -0.15) is 0 Å². The molecule has 14 nitrogen and oxygen atoms in total. The molecule has 2 bridgehead atoms. The number of esters is 1. The Labute approximate surface area is 309 Å². The number of amides is 3. The third-order valence-electron chi connectivity index (χ3n) is 8.43. The predicted molar refractivity (Wildman–Crippen MR) is 199 cm³/mol. The molecule has 286 valence electrons. The largest absolute Gasteiger partial charge is 0.506 e. The number of phenolic OH excluding ortho intramolecular Hbond substituents is 2. The molecule has 3 rings (SSSR count). The zero-order chi connectivity index (χ0) is 39.2. The van der Waals surface area contributed by atoms with Gasteiger partial charge in [0.1, 0.15) is 30.3 Å². The van der Waals surface area contributed by atoms with E-state index in [4.69, 9.17) is 29.4 Å². The number of nitrogens with one attached hydrogen (secondary N) is 2. The average Bonchev–Trinajstić information content (AvgIpc) is 3.12. The average molecular weight is 736 g/mol. The molecule has 1 aliphatic rings. The number of fused-ring (bicyclic) bond motifs is 2. The lowest BCUT2D eigenvalue weighted by Crippen LogP contribution is -2.39. The van der Waals surface area contributed by atoms with Gasteiger partial charge in [-0.05, 0) is 57.9 Å². The first-order chi connectivity index (χ1) is 25.2. The van der Waals surface area contributed by atoms with Crippen molar-refractivity contribution in [3.05, 3.63) is 88.5 Å². The molecule has 5 atom stereocenters. The molecule has 0 radical (unpaired) electrons. The summed E-state index contributed by atoms with van der Waals surface area (Å²) in [6, 6.07) is 9.42. The summed E-state index contributed by atoms with van der Waals surface area (Å²) in [6.07, 6.45) is 3.36. The predicted octanol–water partition coefficient (Wildman–Crippen LogP) is 5.62. The number of anilines is 2. The Kier molecular flexibility index (Phi) is 15.8. The maximum absolute atomic E-state index is 13.3. The van der Waals surface area contributed by atoms with Crippen molar-refractivity contribution >= 4 is 41.3 Å². The van der Waals surface area contributed by atoms with Gasteiger partial charge in [0.15, 0.2) is 6.10 Å². The van der Waals surface area contributed by atoms with E-state index in [1.807, 2.05) is 0 Å². The summed E-state index contributed by atoms with van der Waals surface area (Å²) in [7, 11) is 2.86. The second kappa shape index (κ2) is 20.0. The summed E-state index contributed by atoms with van der Waals surface area (Å²) in [5, 5.41) is 28.0. The Morgan fingerprint density at radius 2 is 1.74 bits per heavy atom. The molecular formula is C39H49N3O11. The zero-order valence-electron chi connectivity index (χ0n) is 31.0. The highest BCUT2D eigenvalue weighted by Crippen LogP contribution is 2.43. The summed E-state index contributed by atoms with van der Waals surface area (Å²) in [5.41, 5.74) is 6.78.